The van der Waals surface area contributed by atoms with Crippen LogP contribution in [0.1, 0.15) is 19.6 Å². The summed E-state index contributed by atoms with van der Waals surface area (Å²) < 4.78 is 16.2. The van der Waals surface area contributed by atoms with Crippen LogP contribution in [0.3, 0.4) is 0 Å². The molecule has 0 radical (unpaired) electrons. The molecule has 0 aliphatic carbocycles. The summed E-state index contributed by atoms with van der Waals surface area (Å²) in [6.45, 7) is 5.76. The Kier molecular flexibility index (Phi) is 6.35. The number of methoxy groups -OCH3 is 1. The molecule has 124 valence electrons. The van der Waals surface area contributed by atoms with E-state index in [9.17, 15) is 0 Å². The lowest BCUT2D eigenvalue weighted by atomic mass is 10.2. The summed E-state index contributed by atoms with van der Waals surface area (Å²) >= 11 is 0. The van der Waals surface area contributed by atoms with Gasteiger partial charge in [-0.3, -0.25) is 0 Å². The smallest absolute Gasteiger partial charge is 0.196 e. The Morgan fingerprint density at radius 3 is 2.74 bits per heavy atom. The molecule has 1 aromatic heterocycles. The summed E-state index contributed by atoms with van der Waals surface area (Å²) in [5, 5.41) is 6.45. The van der Waals surface area contributed by atoms with E-state index in [4.69, 9.17) is 13.9 Å². The Bertz CT molecular complexity index is 624. The number of nitrogens with zero attached hydrogens (tertiary/aromatic N) is 1. The zero-order valence-electron chi connectivity index (χ0n) is 13.8. The fourth-order valence-corrected chi connectivity index (χ4v) is 2.03. The normalized spacial score (nSPS) is 11.2. The maximum absolute atomic E-state index is 5.59. The average molecular weight is 317 g/mol. The molecule has 1 heterocycles. The Morgan fingerprint density at radius 1 is 1.22 bits per heavy atom. The van der Waals surface area contributed by atoms with Crippen molar-refractivity contribution < 1.29 is 13.9 Å². The fraction of sp³-hybridized carbons (Fsp3) is 0.353. The van der Waals surface area contributed by atoms with Crippen LogP contribution >= 0.6 is 0 Å². The van der Waals surface area contributed by atoms with E-state index in [1.807, 2.05) is 44.2 Å². The molecule has 0 aliphatic rings. The van der Waals surface area contributed by atoms with Crippen molar-refractivity contribution >= 4 is 11.6 Å². The zero-order chi connectivity index (χ0) is 16.5. The third kappa shape index (κ3) is 4.95. The lowest BCUT2D eigenvalue weighted by Crippen LogP contribution is -2.30. The molecule has 2 N–H and O–H groups in total. The molecule has 0 amide bonds. The van der Waals surface area contributed by atoms with Crippen molar-refractivity contribution in [3.8, 4) is 11.5 Å². The molecule has 0 atom stereocenters. The van der Waals surface area contributed by atoms with Crippen LogP contribution in [0.15, 0.2) is 46.0 Å². The quantitative estimate of drug-likeness (QED) is 0.606. The average Bonchev–Trinajstić information content (AvgIpc) is 3.07. The van der Waals surface area contributed by atoms with Crippen molar-refractivity contribution in [3.63, 3.8) is 0 Å². The SMILES string of the molecule is CCNC(=NCc1ccco1)Nc1ccc(OC)c(OCC)c1. The number of nitrogens with one attached hydrogen (secondary N) is 2. The molecule has 0 spiro atoms. The Labute approximate surface area is 136 Å². The first-order chi connectivity index (χ1) is 11.3. The molecule has 23 heavy (non-hydrogen) atoms. The number of hydrogen-bond acceptors (Lipinski definition) is 4. The summed E-state index contributed by atoms with van der Waals surface area (Å²) in [6.07, 6.45) is 1.64. The van der Waals surface area contributed by atoms with Crippen LogP contribution in [0, 0.1) is 0 Å². The highest BCUT2D eigenvalue weighted by Crippen LogP contribution is 2.30. The second-order valence-electron chi connectivity index (χ2n) is 4.70. The number of rotatable bonds is 7. The Hall–Kier alpha value is -2.63. The van der Waals surface area contributed by atoms with E-state index in [2.05, 4.69) is 15.6 Å². The van der Waals surface area contributed by atoms with Gasteiger partial charge in [-0.05, 0) is 38.1 Å². The third-order valence-electron chi connectivity index (χ3n) is 3.04. The van der Waals surface area contributed by atoms with Crippen LogP contribution in [-0.4, -0.2) is 26.2 Å². The van der Waals surface area contributed by atoms with Gasteiger partial charge in [0.25, 0.3) is 0 Å². The minimum absolute atomic E-state index is 0.469. The van der Waals surface area contributed by atoms with E-state index in [0.29, 0.717) is 30.6 Å². The molecule has 6 nitrogen and oxygen atoms in total. The van der Waals surface area contributed by atoms with E-state index in [0.717, 1.165) is 18.0 Å². The van der Waals surface area contributed by atoms with Gasteiger partial charge in [0.1, 0.15) is 12.3 Å². The summed E-state index contributed by atoms with van der Waals surface area (Å²) in [6, 6.07) is 9.42. The number of guanidine groups is 1. The molecule has 2 aromatic rings. The first-order valence-electron chi connectivity index (χ1n) is 7.65. The first-order valence-corrected chi connectivity index (χ1v) is 7.65. The van der Waals surface area contributed by atoms with Crippen molar-refractivity contribution in [1.29, 1.82) is 0 Å². The summed E-state index contributed by atoms with van der Waals surface area (Å²) in [5.41, 5.74) is 0.869. The van der Waals surface area contributed by atoms with Gasteiger partial charge in [-0.15, -0.1) is 0 Å². The topological polar surface area (TPSA) is 68.0 Å². The number of ether oxygens (including phenoxy) is 2. The minimum atomic E-state index is 0.469. The molecular weight excluding hydrogens is 294 g/mol. The third-order valence-corrected chi connectivity index (χ3v) is 3.04. The van der Waals surface area contributed by atoms with Gasteiger partial charge < -0.3 is 24.5 Å². The molecule has 0 unspecified atom stereocenters. The van der Waals surface area contributed by atoms with Crippen LogP contribution in [0.4, 0.5) is 5.69 Å². The van der Waals surface area contributed by atoms with Crippen molar-refractivity contribution in [2.24, 2.45) is 4.99 Å². The van der Waals surface area contributed by atoms with Gasteiger partial charge in [-0.1, -0.05) is 0 Å². The number of furan rings is 1. The van der Waals surface area contributed by atoms with Crippen molar-refractivity contribution in [2.75, 3.05) is 25.6 Å². The van der Waals surface area contributed by atoms with Gasteiger partial charge in [0, 0.05) is 18.3 Å². The van der Waals surface area contributed by atoms with Gasteiger partial charge in [0.05, 0.1) is 20.0 Å². The van der Waals surface area contributed by atoms with Crippen LogP contribution < -0.4 is 20.1 Å². The predicted molar refractivity (Wildman–Crippen MR) is 91.3 cm³/mol. The molecule has 1 aromatic carbocycles. The van der Waals surface area contributed by atoms with Crippen molar-refractivity contribution in [2.45, 2.75) is 20.4 Å². The molecular formula is C17H23N3O3. The second-order valence-corrected chi connectivity index (χ2v) is 4.70. The van der Waals surface area contributed by atoms with E-state index in [-0.39, 0.29) is 0 Å². The molecule has 2 rings (SSSR count). The summed E-state index contributed by atoms with van der Waals surface area (Å²) in [4.78, 5) is 4.50. The highest BCUT2D eigenvalue weighted by atomic mass is 16.5. The van der Waals surface area contributed by atoms with Crippen molar-refractivity contribution in [1.82, 2.24) is 5.32 Å². The van der Waals surface area contributed by atoms with E-state index in [1.54, 1.807) is 13.4 Å². The first kappa shape index (κ1) is 16.7. The standard InChI is InChI=1S/C17H23N3O3/c1-4-18-17(19-12-14-7-6-10-23-14)20-13-8-9-15(21-3)16(11-13)22-5-2/h6-11H,4-5,12H2,1-3H3,(H2,18,19,20). The lowest BCUT2D eigenvalue weighted by molar-refractivity contribution is 0.311. The fourth-order valence-electron chi connectivity index (χ4n) is 2.03. The van der Waals surface area contributed by atoms with E-state index < -0.39 is 0 Å². The Balaban J connectivity index is 2.12. The Morgan fingerprint density at radius 2 is 2.09 bits per heavy atom. The molecule has 0 fully saturated rings. The van der Waals surface area contributed by atoms with Crippen LogP contribution in [0.2, 0.25) is 0 Å². The van der Waals surface area contributed by atoms with E-state index >= 15 is 0 Å². The monoisotopic (exact) mass is 317 g/mol. The maximum atomic E-state index is 5.59. The van der Waals surface area contributed by atoms with Gasteiger partial charge >= 0.3 is 0 Å². The van der Waals surface area contributed by atoms with Gasteiger partial charge in [0.15, 0.2) is 17.5 Å². The number of benzene rings is 1. The van der Waals surface area contributed by atoms with Crippen LogP contribution in [-0.2, 0) is 6.54 Å². The largest absolute Gasteiger partial charge is 0.493 e. The summed E-state index contributed by atoms with van der Waals surface area (Å²) in [7, 11) is 1.62. The molecule has 0 saturated heterocycles. The van der Waals surface area contributed by atoms with Crippen LogP contribution in [0.5, 0.6) is 11.5 Å². The summed E-state index contributed by atoms with van der Waals surface area (Å²) in [5.74, 6) is 2.89. The molecule has 0 bridgehead atoms. The molecule has 0 saturated carbocycles. The zero-order valence-corrected chi connectivity index (χ0v) is 13.8. The molecule has 0 aliphatic heterocycles. The predicted octanol–water partition coefficient (Wildman–Crippen LogP) is 3.26. The number of anilines is 1. The number of hydrogen-bond donors (Lipinski definition) is 2. The molecule has 6 heteroatoms. The van der Waals surface area contributed by atoms with Crippen molar-refractivity contribution in [3.05, 3.63) is 42.4 Å². The second kappa shape index (κ2) is 8.73. The van der Waals surface area contributed by atoms with E-state index in [1.165, 1.54) is 0 Å². The van der Waals surface area contributed by atoms with Gasteiger partial charge in [0.2, 0.25) is 0 Å². The number of aliphatic imine (C=N–C) groups is 1. The lowest BCUT2D eigenvalue weighted by Gasteiger charge is -2.14. The minimum Gasteiger partial charge on any atom is -0.493 e. The van der Waals surface area contributed by atoms with Crippen LogP contribution in [0.25, 0.3) is 0 Å². The van der Waals surface area contributed by atoms with Gasteiger partial charge in [-0.25, -0.2) is 4.99 Å². The maximum Gasteiger partial charge on any atom is 0.196 e. The highest BCUT2D eigenvalue weighted by Gasteiger charge is 2.07. The highest BCUT2D eigenvalue weighted by molar-refractivity contribution is 5.93. The van der Waals surface area contributed by atoms with Gasteiger partial charge in [-0.2, -0.15) is 0 Å².